The van der Waals surface area contributed by atoms with Gasteiger partial charge in [-0.1, -0.05) is 12.2 Å². The average molecular weight is 371 g/mol. The summed E-state index contributed by atoms with van der Waals surface area (Å²) in [5, 5.41) is 10.4. The third-order valence-corrected chi connectivity index (χ3v) is 7.13. The summed E-state index contributed by atoms with van der Waals surface area (Å²) in [5.74, 6) is -1.13. The average Bonchev–Trinajstić information content (AvgIpc) is 3.46. The number of hydrogen-bond donors (Lipinski definition) is 1. The number of Topliss-reactive ketones (excluding diaryl/α,β-unsaturated/α-hetero) is 2. The van der Waals surface area contributed by atoms with E-state index in [0.29, 0.717) is 19.4 Å². The van der Waals surface area contributed by atoms with E-state index in [1.54, 1.807) is 6.08 Å². The molecule has 4 atom stereocenters. The zero-order valence-electron chi connectivity index (χ0n) is 16.0. The van der Waals surface area contributed by atoms with Gasteiger partial charge in [-0.2, -0.15) is 0 Å². The van der Waals surface area contributed by atoms with E-state index in [0.717, 1.165) is 37.3 Å². The number of rotatable bonds is 5. The molecule has 0 aromatic heterocycles. The molecule has 0 amide bonds. The van der Waals surface area contributed by atoms with Crippen LogP contribution in [0.5, 0.6) is 0 Å². The van der Waals surface area contributed by atoms with Crippen LogP contribution in [0.3, 0.4) is 0 Å². The van der Waals surface area contributed by atoms with Crippen LogP contribution < -0.4 is 0 Å². The summed E-state index contributed by atoms with van der Waals surface area (Å²) in [6.07, 6.45) is 9.97. The molecule has 0 spiro atoms. The maximum Gasteiger partial charge on any atom is 0.222 e. The first-order chi connectivity index (χ1) is 12.9. The molecule has 0 radical (unpaired) electrons. The number of aliphatic hydroxyl groups is 1. The first kappa shape index (κ1) is 18.8. The Balaban J connectivity index is 1.71. The van der Waals surface area contributed by atoms with Gasteiger partial charge in [0.05, 0.1) is 5.92 Å². The molecule has 0 aromatic rings. The van der Waals surface area contributed by atoms with Gasteiger partial charge in [-0.05, 0) is 82.0 Å². The van der Waals surface area contributed by atoms with Gasteiger partial charge in [-0.15, -0.1) is 0 Å². The number of nitrogens with zero attached hydrogens (tertiary/aromatic N) is 1. The number of ketones is 3. The molecular formula is C22H29NO4. The SMILES string of the molecule is CN(CCC12C(=O)C(O)CCC1CCC=C1C=CC(=O)C(=O)C12)CC1CC1. The zero-order valence-corrected chi connectivity index (χ0v) is 16.0. The number of aliphatic hydroxyl groups excluding tert-OH is 1. The summed E-state index contributed by atoms with van der Waals surface area (Å²) in [5.41, 5.74) is -0.149. The van der Waals surface area contributed by atoms with E-state index in [1.165, 1.54) is 18.9 Å². The van der Waals surface area contributed by atoms with Gasteiger partial charge in [-0.3, -0.25) is 14.4 Å². The molecule has 146 valence electrons. The molecule has 27 heavy (non-hydrogen) atoms. The third-order valence-electron chi connectivity index (χ3n) is 7.13. The Bertz CT molecular complexity index is 720. The van der Waals surface area contributed by atoms with Crippen molar-refractivity contribution in [1.29, 1.82) is 0 Å². The number of fused-ring (bicyclic) bond motifs is 3. The fourth-order valence-electron chi connectivity index (χ4n) is 5.53. The summed E-state index contributed by atoms with van der Waals surface area (Å²) in [6.45, 7) is 1.72. The Morgan fingerprint density at radius 1 is 1.11 bits per heavy atom. The highest BCUT2D eigenvalue weighted by molar-refractivity contribution is 6.44. The predicted octanol–water partition coefficient (Wildman–Crippen LogP) is 2.09. The fraction of sp³-hybridized carbons (Fsp3) is 0.682. The number of allylic oxidation sites excluding steroid dienone is 4. The lowest BCUT2D eigenvalue weighted by atomic mass is 9.53. The topological polar surface area (TPSA) is 74.7 Å². The van der Waals surface area contributed by atoms with Crippen LogP contribution in [0.4, 0.5) is 0 Å². The van der Waals surface area contributed by atoms with E-state index >= 15 is 0 Å². The first-order valence-electron chi connectivity index (χ1n) is 10.3. The molecule has 0 bridgehead atoms. The highest BCUT2D eigenvalue weighted by Crippen LogP contribution is 2.54. The highest BCUT2D eigenvalue weighted by Gasteiger charge is 2.59. The van der Waals surface area contributed by atoms with E-state index in [-0.39, 0.29) is 11.7 Å². The van der Waals surface area contributed by atoms with Crippen molar-refractivity contribution >= 4 is 17.3 Å². The maximum atomic E-state index is 13.4. The van der Waals surface area contributed by atoms with Crippen LogP contribution >= 0.6 is 0 Å². The molecule has 2 saturated carbocycles. The van der Waals surface area contributed by atoms with E-state index in [4.69, 9.17) is 0 Å². The van der Waals surface area contributed by atoms with Crippen LogP contribution in [0.15, 0.2) is 23.8 Å². The third kappa shape index (κ3) is 3.25. The van der Waals surface area contributed by atoms with Crippen molar-refractivity contribution in [2.24, 2.45) is 23.2 Å². The lowest BCUT2D eigenvalue weighted by Gasteiger charge is -2.49. The van der Waals surface area contributed by atoms with Gasteiger partial charge in [0.25, 0.3) is 0 Å². The van der Waals surface area contributed by atoms with Crippen molar-refractivity contribution in [3.05, 3.63) is 23.8 Å². The van der Waals surface area contributed by atoms with Crippen LogP contribution in [0, 0.1) is 23.2 Å². The van der Waals surface area contributed by atoms with Gasteiger partial charge in [-0.25, -0.2) is 0 Å². The Morgan fingerprint density at radius 2 is 1.89 bits per heavy atom. The molecule has 5 nitrogen and oxygen atoms in total. The van der Waals surface area contributed by atoms with Gasteiger partial charge < -0.3 is 10.0 Å². The summed E-state index contributed by atoms with van der Waals surface area (Å²) in [4.78, 5) is 40.8. The zero-order chi connectivity index (χ0) is 19.2. The van der Waals surface area contributed by atoms with Crippen LogP contribution in [-0.2, 0) is 14.4 Å². The Kier molecular flexibility index (Phi) is 4.93. The molecule has 4 aliphatic carbocycles. The monoisotopic (exact) mass is 371 g/mol. The van der Waals surface area contributed by atoms with Crippen LogP contribution in [0.1, 0.15) is 44.9 Å². The van der Waals surface area contributed by atoms with Crippen molar-refractivity contribution in [2.75, 3.05) is 20.1 Å². The molecular weight excluding hydrogens is 342 g/mol. The second kappa shape index (κ2) is 7.10. The van der Waals surface area contributed by atoms with E-state index in [9.17, 15) is 19.5 Å². The largest absolute Gasteiger partial charge is 0.385 e. The maximum absolute atomic E-state index is 13.4. The van der Waals surface area contributed by atoms with Crippen molar-refractivity contribution in [2.45, 2.75) is 51.0 Å². The lowest BCUT2D eigenvalue weighted by molar-refractivity contribution is -0.157. The van der Waals surface area contributed by atoms with Crippen LogP contribution in [-0.4, -0.2) is 53.6 Å². The van der Waals surface area contributed by atoms with Gasteiger partial charge in [0.2, 0.25) is 11.6 Å². The van der Waals surface area contributed by atoms with Crippen molar-refractivity contribution in [1.82, 2.24) is 4.90 Å². The fourth-order valence-corrected chi connectivity index (χ4v) is 5.53. The van der Waals surface area contributed by atoms with E-state index in [1.807, 2.05) is 6.08 Å². The number of hydrogen-bond acceptors (Lipinski definition) is 5. The number of carbonyl (C=O) groups is 3. The normalized spacial score (nSPS) is 36.3. The standard InChI is InChI=1S/C22H29NO4/c1-23(13-14-5-6-14)12-11-22-16(8-10-18(25)21(22)27)4-2-3-15-7-9-17(24)20(26)19(15)22/h3,7,9,14,16,18-19,25H,2,4-6,8,10-13H2,1H3. The van der Waals surface area contributed by atoms with Gasteiger partial charge in [0, 0.05) is 12.0 Å². The summed E-state index contributed by atoms with van der Waals surface area (Å²) >= 11 is 0. The minimum absolute atomic E-state index is 0.0460. The number of carbonyl (C=O) groups excluding carboxylic acids is 3. The van der Waals surface area contributed by atoms with E-state index in [2.05, 4.69) is 11.9 Å². The van der Waals surface area contributed by atoms with Gasteiger partial charge >= 0.3 is 0 Å². The van der Waals surface area contributed by atoms with Crippen LogP contribution in [0.25, 0.3) is 0 Å². The summed E-state index contributed by atoms with van der Waals surface area (Å²) < 4.78 is 0. The Morgan fingerprint density at radius 3 is 2.63 bits per heavy atom. The minimum Gasteiger partial charge on any atom is -0.385 e. The second-order valence-corrected chi connectivity index (χ2v) is 8.93. The van der Waals surface area contributed by atoms with Crippen molar-refractivity contribution in [3.63, 3.8) is 0 Å². The highest BCUT2D eigenvalue weighted by atomic mass is 16.3. The molecule has 1 N–H and O–H groups in total. The lowest BCUT2D eigenvalue weighted by Crippen LogP contribution is -2.57. The molecule has 2 fully saturated rings. The quantitative estimate of drug-likeness (QED) is 0.749. The minimum atomic E-state index is -1.02. The smallest absolute Gasteiger partial charge is 0.222 e. The summed E-state index contributed by atoms with van der Waals surface area (Å²) in [7, 11) is 2.06. The summed E-state index contributed by atoms with van der Waals surface area (Å²) in [6, 6.07) is 0. The van der Waals surface area contributed by atoms with Crippen molar-refractivity contribution in [3.8, 4) is 0 Å². The van der Waals surface area contributed by atoms with E-state index < -0.39 is 29.0 Å². The molecule has 5 heteroatoms. The molecule has 0 aliphatic heterocycles. The molecule has 0 saturated heterocycles. The van der Waals surface area contributed by atoms with Crippen LogP contribution in [0.2, 0.25) is 0 Å². The second-order valence-electron chi connectivity index (χ2n) is 8.93. The van der Waals surface area contributed by atoms with Crippen molar-refractivity contribution < 1.29 is 19.5 Å². The molecule has 4 rings (SSSR count). The van der Waals surface area contributed by atoms with Gasteiger partial charge in [0.1, 0.15) is 6.10 Å². The molecule has 0 heterocycles. The molecule has 4 unspecified atom stereocenters. The first-order valence-corrected chi connectivity index (χ1v) is 10.3. The predicted molar refractivity (Wildman–Crippen MR) is 101 cm³/mol. The Labute approximate surface area is 160 Å². The molecule has 4 aliphatic rings. The Hall–Kier alpha value is -1.59. The molecule has 0 aromatic carbocycles. The van der Waals surface area contributed by atoms with Gasteiger partial charge in [0.15, 0.2) is 5.78 Å².